The topological polar surface area (TPSA) is 78.5 Å². The summed E-state index contributed by atoms with van der Waals surface area (Å²) < 4.78 is 0. The quantitative estimate of drug-likeness (QED) is 0.726. The Labute approximate surface area is 195 Å². The van der Waals surface area contributed by atoms with Crippen LogP contribution in [0.3, 0.4) is 0 Å². The van der Waals surface area contributed by atoms with E-state index in [1.165, 1.54) is 5.56 Å². The minimum atomic E-state index is -0.394. The van der Waals surface area contributed by atoms with E-state index in [1.54, 1.807) is 0 Å². The molecule has 0 saturated heterocycles. The predicted molar refractivity (Wildman–Crippen MR) is 130 cm³/mol. The summed E-state index contributed by atoms with van der Waals surface area (Å²) in [7, 11) is 0. The molecule has 2 N–H and O–H groups in total. The van der Waals surface area contributed by atoms with E-state index in [9.17, 15) is 14.4 Å². The van der Waals surface area contributed by atoms with Gasteiger partial charge in [0.1, 0.15) is 0 Å². The highest BCUT2D eigenvalue weighted by molar-refractivity contribution is 6.00. The van der Waals surface area contributed by atoms with E-state index in [-0.39, 0.29) is 30.2 Å². The molecule has 6 nitrogen and oxygen atoms in total. The zero-order chi connectivity index (χ0) is 23.5. The van der Waals surface area contributed by atoms with Crippen molar-refractivity contribution in [2.24, 2.45) is 11.8 Å². The van der Waals surface area contributed by atoms with Gasteiger partial charge >= 0.3 is 0 Å². The number of para-hydroxylation sites is 1. The number of hydrogen-bond donors (Lipinski definition) is 2. The molecular formula is C27H33N3O3. The lowest BCUT2D eigenvalue weighted by atomic mass is 9.77. The van der Waals surface area contributed by atoms with Gasteiger partial charge in [0, 0.05) is 23.8 Å². The van der Waals surface area contributed by atoms with E-state index in [2.05, 4.69) is 16.7 Å². The Morgan fingerprint density at radius 1 is 0.970 bits per heavy atom. The van der Waals surface area contributed by atoms with E-state index in [4.69, 9.17) is 0 Å². The number of amides is 3. The van der Waals surface area contributed by atoms with Gasteiger partial charge < -0.3 is 15.5 Å². The third kappa shape index (κ3) is 4.95. The highest BCUT2D eigenvalue weighted by Gasteiger charge is 2.39. The molecule has 1 aliphatic heterocycles. The molecule has 2 aromatic carbocycles. The maximum absolute atomic E-state index is 13.4. The van der Waals surface area contributed by atoms with Gasteiger partial charge in [-0.15, -0.1) is 0 Å². The molecule has 1 saturated carbocycles. The Morgan fingerprint density at radius 3 is 2.36 bits per heavy atom. The standard InChI is InChI=1S/C27H33N3O3/c1-17-14-18(2)25(19(3)15-17)29-24(31)16-28-26(32)21-9-5-6-10-22(21)27(33)30-13-12-20-8-4-7-11-23(20)30/h4,7-8,11,14-15,21-22H,5-6,9-10,12-13,16H2,1-3H3,(H,28,32)(H,29,31)/t21-,22+/m0/s1. The number of aryl methyl sites for hydroxylation is 3. The Bertz CT molecular complexity index is 1060. The lowest BCUT2D eigenvalue weighted by Gasteiger charge is -2.32. The van der Waals surface area contributed by atoms with Crippen molar-refractivity contribution in [3.63, 3.8) is 0 Å². The molecule has 1 aliphatic carbocycles. The molecule has 2 aliphatic rings. The van der Waals surface area contributed by atoms with Crippen LogP contribution < -0.4 is 15.5 Å². The van der Waals surface area contributed by atoms with Crippen LogP contribution >= 0.6 is 0 Å². The fraction of sp³-hybridized carbons (Fsp3) is 0.444. The first-order valence-electron chi connectivity index (χ1n) is 11.9. The molecule has 0 unspecified atom stereocenters. The van der Waals surface area contributed by atoms with E-state index >= 15 is 0 Å². The van der Waals surface area contributed by atoms with Gasteiger partial charge in [-0.3, -0.25) is 14.4 Å². The summed E-state index contributed by atoms with van der Waals surface area (Å²) in [5, 5.41) is 5.72. The van der Waals surface area contributed by atoms with E-state index in [1.807, 2.05) is 56.0 Å². The molecule has 4 rings (SSSR count). The highest BCUT2D eigenvalue weighted by Crippen LogP contribution is 2.36. The summed E-state index contributed by atoms with van der Waals surface area (Å²) in [6.45, 7) is 6.51. The summed E-state index contributed by atoms with van der Waals surface area (Å²) in [5.74, 6) is -1.15. The Hall–Kier alpha value is -3.15. The summed E-state index contributed by atoms with van der Waals surface area (Å²) >= 11 is 0. The van der Waals surface area contributed by atoms with Crippen molar-refractivity contribution in [1.82, 2.24) is 5.32 Å². The number of benzene rings is 2. The van der Waals surface area contributed by atoms with Gasteiger partial charge in [-0.05, 0) is 62.8 Å². The lowest BCUT2D eigenvalue weighted by molar-refractivity contribution is -0.135. The maximum Gasteiger partial charge on any atom is 0.243 e. The summed E-state index contributed by atoms with van der Waals surface area (Å²) in [6.07, 6.45) is 4.11. The molecule has 0 aromatic heterocycles. The van der Waals surface area contributed by atoms with Gasteiger partial charge in [-0.2, -0.15) is 0 Å². The molecule has 0 radical (unpaired) electrons. The second kappa shape index (κ2) is 9.77. The third-order valence-electron chi connectivity index (χ3n) is 6.94. The maximum atomic E-state index is 13.4. The van der Waals surface area contributed by atoms with Gasteiger partial charge in [-0.1, -0.05) is 48.7 Å². The van der Waals surface area contributed by atoms with Crippen LogP contribution in [0.5, 0.6) is 0 Å². The van der Waals surface area contributed by atoms with Crippen LogP contribution in [0, 0.1) is 32.6 Å². The summed E-state index contributed by atoms with van der Waals surface area (Å²) in [4.78, 5) is 40.9. The molecule has 1 fully saturated rings. The molecule has 3 amide bonds. The number of nitrogens with zero attached hydrogens (tertiary/aromatic N) is 1. The van der Waals surface area contributed by atoms with Crippen LogP contribution in [0.25, 0.3) is 0 Å². The smallest absolute Gasteiger partial charge is 0.243 e. The van der Waals surface area contributed by atoms with Gasteiger partial charge in [0.15, 0.2) is 0 Å². The Balaban J connectivity index is 1.39. The first kappa shape index (κ1) is 23.0. The molecule has 2 aromatic rings. The summed E-state index contributed by atoms with van der Waals surface area (Å²) in [5.41, 5.74) is 6.08. The van der Waals surface area contributed by atoms with E-state index in [0.717, 1.165) is 47.3 Å². The van der Waals surface area contributed by atoms with Crippen molar-refractivity contribution < 1.29 is 14.4 Å². The molecule has 0 spiro atoms. The first-order chi connectivity index (χ1) is 15.8. The Kier molecular flexibility index (Phi) is 6.82. The number of fused-ring (bicyclic) bond motifs is 1. The predicted octanol–water partition coefficient (Wildman–Crippen LogP) is 4.06. The second-order valence-corrected chi connectivity index (χ2v) is 9.41. The van der Waals surface area contributed by atoms with Crippen LogP contribution in [-0.4, -0.2) is 30.8 Å². The normalized spacial score (nSPS) is 19.7. The van der Waals surface area contributed by atoms with Crippen molar-refractivity contribution >= 4 is 29.1 Å². The molecule has 0 bridgehead atoms. The minimum Gasteiger partial charge on any atom is -0.347 e. The van der Waals surface area contributed by atoms with Crippen molar-refractivity contribution in [2.75, 3.05) is 23.3 Å². The van der Waals surface area contributed by atoms with Crippen LogP contribution in [0.4, 0.5) is 11.4 Å². The van der Waals surface area contributed by atoms with Gasteiger partial charge in [0.25, 0.3) is 0 Å². The molecule has 174 valence electrons. The third-order valence-corrected chi connectivity index (χ3v) is 6.94. The van der Waals surface area contributed by atoms with Crippen molar-refractivity contribution in [2.45, 2.75) is 52.9 Å². The van der Waals surface area contributed by atoms with Crippen molar-refractivity contribution in [1.29, 1.82) is 0 Å². The number of rotatable bonds is 5. The number of hydrogen-bond acceptors (Lipinski definition) is 3. The SMILES string of the molecule is Cc1cc(C)c(NC(=O)CNC(=O)[C@H]2CCCC[C@H]2C(=O)N2CCc3ccccc32)c(C)c1. The van der Waals surface area contributed by atoms with Gasteiger partial charge in [-0.25, -0.2) is 0 Å². The lowest BCUT2D eigenvalue weighted by Crippen LogP contribution is -2.46. The van der Waals surface area contributed by atoms with Crippen LogP contribution in [0.1, 0.15) is 47.9 Å². The molecule has 1 heterocycles. The monoisotopic (exact) mass is 447 g/mol. The van der Waals surface area contributed by atoms with Crippen molar-refractivity contribution in [3.8, 4) is 0 Å². The fourth-order valence-corrected chi connectivity index (χ4v) is 5.37. The number of carbonyl (C=O) groups excluding carboxylic acids is 3. The zero-order valence-electron chi connectivity index (χ0n) is 19.7. The summed E-state index contributed by atoms with van der Waals surface area (Å²) in [6, 6.07) is 12.0. The minimum absolute atomic E-state index is 0.0372. The molecule has 33 heavy (non-hydrogen) atoms. The highest BCUT2D eigenvalue weighted by atomic mass is 16.2. The van der Waals surface area contributed by atoms with Crippen LogP contribution in [0.15, 0.2) is 36.4 Å². The van der Waals surface area contributed by atoms with Crippen LogP contribution in [0.2, 0.25) is 0 Å². The first-order valence-corrected chi connectivity index (χ1v) is 11.9. The number of carbonyl (C=O) groups is 3. The van der Waals surface area contributed by atoms with Gasteiger partial charge in [0.2, 0.25) is 17.7 Å². The van der Waals surface area contributed by atoms with E-state index in [0.29, 0.717) is 19.4 Å². The van der Waals surface area contributed by atoms with E-state index < -0.39 is 5.92 Å². The molecular weight excluding hydrogens is 414 g/mol. The van der Waals surface area contributed by atoms with Gasteiger partial charge in [0.05, 0.1) is 12.5 Å². The van der Waals surface area contributed by atoms with Crippen molar-refractivity contribution in [3.05, 3.63) is 58.7 Å². The van der Waals surface area contributed by atoms with Crippen LogP contribution in [-0.2, 0) is 20.8 Å². The fourth-order valence-electron chi connectivity index (χ4n) is 5.37. The average Bonchev–Trinajstić information content (AvgIpc) is 3.23. The second-order valence-electron chi connectivity index (χ2n) is 9.41. The largest absolute Gasteiger partial charge is 0.347 e. The molecule has 6 heteroatoms. The average molecular weight is 448 g/mol. The molecule has 2 atom stereocenters. The number of anilines is 2. The Morgan fingerprint density at radius 2 is 1.64 bits per heavy atom. The number of nitrogens with one attached hydrogen (secondary N) is 2. The zero-order valence-corrected chi connectivity index (χ0v) is 19.7.